The maximum Gasteiger partial charge on any atom is 0.353 e. The molecule has 0 saturated carbocycles. The van der Waals surface area contributed by atoms with E-state index in [1.165, 1.54) is 11.9 Å². The lowest BCUT2D eigenvalue weighted by atomic mass is 10.1. The first-order valence-corrected chi connectivity index (χ1v) is 6.67. The van der Waals surface area contributed by atoms with E-state index in [9.17, 15) is 10.1 Å². The normalized spacial score (nSPS) is 16.7. The minimum atomic E-state index is -0.436. The van der Waals surface area contributed by atoms with Crippen LogP contribution in [0.1, 0.15) is 12.5 Å². The smallest absolute Gasteiger partial charge is 0.353 e. The van der Waals surface area contributed by atoms with Gasteiger partial charge < -0.3 is 10.2 Å². The minimum Gasteiger partial charge on any atom is -0.367 e. The zero-order valence-corrected chi connectivity index (χ0v) is 11.8. The number of nitrogens with zero attached hydrogens (tertiary/aromatic N) is 4. The third-order valence-electron chi connectivity index (χ3n) is 3.66. The fourth-order valence-electron chi connectivity index (χ4n) is 2.79. The number of hydrogen-bond acceptors (Lipinski definition) is 6. The van der Waals surface area contributed by atoms with Gasteiger partial charge in [0.15, 0.2) is 0 Å². The molecule has 0 spiro atoms. The number of nitro groups is 1. The third-order valence-corrected chi connectivity index (χ3v) is 3.66. The van der Waals surface area contributed by atoms with Gasteiger partial charge in [0.25, 0.3) is 0 Å². The van der Waals surface area contributed by atoms with Crippen LogP contribution >= 0.6 is 0 Å². The van der Waals surface area contributed by atoms with Crippen molar-refractivity contribution in [3.05, 3.63) is 46.3 Å². The van der Waals surface area contributed by atoms with E-state index in [1.807, 2.05) is 36.1 Å². The first-order valence-electron chi connectivity index (χ1n) is 6.67. The highest BCUT2D eigenvalue weighted by atomic mass is 16.6. The second-order valence-corrected chi connectivity index (χ2v) is 4.95. The Hall–Kier alpha value is -2.70. The standard InChI is InChI=1S/C14H15N5O2/c1-9-7-10-5-3-4-6-11(10)18(9)14-12(19(20)21)13(15-2)16-8-17-14/h3-6,8-9H,7H2,1-2H3,(H,15,16,17). The van der Waals surface area contributed by atoms with Gasteiger partial charge in [-0.2, -0.15) is 0 Å². The van der Waals surface area contributed by atoms with Gasteiger partial charge in [-0.3, -0.25) is 10.1 Å². The van der Waals surface area contributed by atoms with Crippen molar-refractivity contribution in [2.24, 2.45) is 0 Å². The van der Waals surface area contributed by atoms with E-state index in [1.54, 1.807) is 7.05 Å². The summed E-state index contributed by atoms with van der Waals surface area (Å²) >= 11 is 0. The molecular weight excluding hydrogens is 270 g/mol. The molecule has 0 fully saturated rings. The maximum absolute atomic E-state index is 11.4. The molecule has 1 atom stereocenters. The highest BCUT2D eigenvalue weighted by molar-refractivity contribution is 5.78. The highest BCUT2D eigenvalue weighted by Gasteiger charge is 2.34. The number of fused-ring (bicyclic) bond motifs is 1. The summed E-state index contributed by atoms with van der Waals surface area (Å²) in [6.07, 6.45) is 2.19. The van der Waals surface area contributed by atoms with Gasteiger partial charge in [0.05, 0.1) is 4.92 Å². The minimum absolute atomic E-state index is 0.0939. The van der Waals surface area contributed by atoms with Crippen molar-refractivity contribution in [1.29, 1.82) is 0 Å². The lowest BCUT2D eigenvalue weighted by molar-refractivity contribution is -0.383. The van der Waals surface area contributed by atoms with Gasteiger partial charge in [0, 0.05) is 18.8 Å². The molecule has 1 aliphatic heterocycles. The zero-order chi connectivity index (χ0) is 15.0. The van der Waals surface area contributed by atoms with Gasteiger partial charge in [0.2, 0.25) is 11.6 Å². The molecule has 108 valence electrons. The van der Waals surface area contributed by atoms with E-state index in [4.69, 9.17) is 0 Å². The summed E-state index contributed by atoms with van der Waals surface area (Å²) in [6.45, 7) is 2.03. The molecule has 3 rings (SSSR count). The first kappa shape index (κ1) is 13.3. The van der Waals surface area contributed by atoms with Gasteiger partial charge >= 0.3 is 5.69 Å². The summed E-state index contributed by atoms with van der Waals surface area (Å²) in [4.78, 5) is 21.0. The number of benzene rings is 1. The van der Waals surface area contributed by atoms with Gasteiger partial charge in [-0.05, 0) is 25.0 Å². The van der Waals surface area contributed by atoms with Crippen LogP contribution in [0.3, 0.4) is 0 Å². The van der Waals surface area contributed by atoms with Crippen LogP contribution in [0.15, 0.2) is 30.6 Å². The molecule has 0 saturated heterocycles. The topological polar surface area (TPSA) is 84.2 Å². The Balaban J connectivity index is 2.19. The van der Waals surface area contributed by atoms with Crippen molar-refractivity contribution in [3.8, 4) is 0 Å². The average Bonchev–Trinajstić information content (AvgIpc) is 2.81. The number of rotatable bonds is 3. The maximum atomic E-state index is 11.4. The van der Waals surface area contributed by atoms with Gasteiger partial charge in [-0.15, -0.1) is 0 Å². The van der Waals surface area contributed by atoms with Crippen LogP contribution in [0.2, 0.25) is 0 Å². The molecule has 0 radical (unpaired) electrons. The molecule has 0 bridgehead atoms. The Bertz CT molecular complexity index is 704. The predicted molar refractivity (Wildman–Crippen MR) is 80.0 cm³/mol. The van der Waals surface area contributed by atoms with Gasteiger partial charge in [-0.1, -0.05) is 18.2 Å². The molecule has 1 unspecified atom stereocenters. The lowest BCUT2D eigenvalue weighted by Crippen LogP contribution is -2.26. The quantitative estimate of drug-likeness (QED) is 0.689. The second-order valence-electron chi connectivity index (χ2n) is 4.95. The van der Waals surface area contributed by atoms with Crippen molar-refractivity contribution in [3.63, 3.8) is 0 Å². The molecule has 0 aliphatic carbocycles. The average molecular weight is 285 g/mol. The number of para-hydroxylation sites is 1. The van der Waals surface area contributed by atoms with E-state index in [-0.39, 0.29) is 17.5 Å². The van der Waals surface area contributed by atoms with Crippen LogP contribution in [0.4, 0.5) is 23.0 Å². The fourth-order valence-corrected chi connectivity index (χ4v) is 2.79. The Kier molecular flexibility index (Phi) is 3.17. The monoisotopic (exact) mass is 285 g/mol. The van der Waals surface area contributed by atoms with Gasteiger partial charge in [-0.25, -0.2) is 9.97 Å². The summed E-state index contributed by atoms with van der Waals surface area (Å²) in [5.74, 6) is 0.554. The zero-order valence-electron chi connectivity index (χ0n) is 11.8. The summed E-state index contributed by atoms with van der Waals surface area (Å²) < 4.78 is 0. The van der Waals surface area contributed by atoms with E-state index in [2.05, 4.69) is 15.3 Å². The molecule has 21 heavy (non-hydrogen) atoms. The molecule has 7 nitrogen and oxygen atoms in total. The Labute approximate surface area is 121 Å². The summed E-state index contributed by atoms with van der Waals surface area (Å²) in [7, 11) is 1.61. The van der Waals surface area contributed by atoms with Crippen LogP contribution in [0, 0.1) is 10.1 Å². The number of nitrogens with one attached hydrogen (secondary N) is 1. The molecule has 2 heterocycles. The molecule has 1 aromatic carbocycles. The second kappa shape index (κ2) is 5.01. The first-order chi connectivity index (χ1) is 10.1. The van der Waals surface area contributed by atoms with E-state index < -0.39 is 4.92 Å². The van der Waals surface area contributed by atoms with Crippen LogP contribution in [-0.2, 0) is 6.42 Å². The van der Waals surface area contributed by atoms with Crippen molar-refractivity contribution < 1.29 is 4.92 Å². The van der Waals surface area contributed by atoms with E-state index >= 15 is 0 Å². The third kappa shape index (κ3) is 2.06. The Morgan fingerprint density at radius 1 is 1.38 bits per heavy atom. The van der Waals surface area contributed by atoms with Crippen molar-refractivity contribution in [2.75, 3.05) is 17.3 Å². The molecule has 0 amide bonds. The molecule has 7 heteroatoms. The highest BCUT2D eigenvalue weighted by Crippen LogP contribution is 2.42. The summed E-state index contributed by atoms with van der Waals surface area (Å²) in [6, 6.07) is 8.01. The number of anilines is 3. The largest absolute Gasteiger partial charge is 0.367 e. The fraction of sp³-hybridized carbons (Fsp3) is 0.286. The summed E-state index contributed by atoms with van der Waals surface area (Å²) in [5.41, 5.74) is 2.04. The van der Waals surface area contributed by atoms with Crippen molar-refractivity contribution in [1.82, 2.24) is 9.97 Å². The van der Waals surface area contributed by atoms with Crippen LogP contribution in [0.5, 0.6) is 0 Å². The lowest BCUT2D eigenvalue weighted by Gasteiger charge is -2.23. The van der Waals surface area contributed by atoms with Crippen molar-refractivity contribution in [2.45, 2.75) is 19.4 Å². The van der Waals surface area contributed by atoms with Crippen LogP contribution < -0.4 is 10.2 Å². The molecule has 1 aliphatic rings. The Morgan fingerprint density at radius 2 is 2.14 bits per heavy atom. The van der Waals surface area contributed by atoms with E-state index in [0.29, 0.717) is 5.82 Å². The predicted octanol–water partition coefficient (Wildman–Crippen LogP) is 2.51. The van der Waals surface area contributed by atoms with E-state index in [0.717, 1.165) is 12.1 Å². The van der Waals surface area contributed by atoms with Crippen LogP contribution in [-0.4, -0.2) is 28.0 Å². The number of aromatic nitrogens is 2. The van der Waals surface area contributed by atoms with Crippen molar-refractivity contribution >= 4 is 23.0 Å². The molecule has 1 N–H and O–H groups in total. The summed E-state index contributed by atoms with van der Waals surface area (Å²) in [5, 5.41) is 14.2. The van der Waals surface area contributed by atoms with Gasteiger partial charge in [0.1, 0.15) is 6.33 Å². The Morgan fingerprint density at radius 3 is 2.86 bits per heavy atom. The van der Waals surface area contributed by atoms with Crippen LogP contribution in [0.25, 0.3) is 0 Å². The molecular formula is C14H15N5O2. The molecule has 1 aromatic heterocycles. The number of hydrogen-bond donors (Lipinski definition) is 1. The molecule has 2 aromatic rings. The SMILES string of the molecule is CNc1ncnc(N2c3ccccc3CC2C)c1[N+](=O)[O-].